The average molecular weight is 422 g/mol. The monoisotopic (exact) mass is 422 g/mol. The summed E-state index contributed by atoms with van der Waals surface area (Å²) in [6, 6.07) is 16.1. The van der Waals surface area contributed by atoms with Gasteiger partial charge in [0, 0.05) is 20.6 Å². The van der Waals surface area contributed by atoms with Crippen molar-refractivity contribution in [3.05, 3.63) is 83.7 Å². The third kappa shape index (κ3) is 4.55. The first kappa shape index (κ1) is 19.8. The Balaban J connectivity index is 1.47. The van der Waals surface area contributed by atoms with E-state index in [0.717, 1.165) is 25.8 Å². The molecule has 0 saturated carbocycles. The summed E-state index contributed by atoms with van der Waals surface area (Å²) in [5.41, 5.74) is 2.81. The van der Waals surface area contributed by atoms with Gasteiger partial charge >= 0.3 is 6.03 Å². The molecule has 152 valence electrons. The van der Waals surface area contributed by atoms with Crippen LogP contribution in [0, 0.1) is 6.92 Å². The highest BCUT2D eigenvalue weighted by atomic mass is 32.2. The molecule has 30 heavy (non-hydrogen) atoms. The second-order valence-electron chi connectivity index (χ2n) is 6.89. The summed E-state index contributed by atoms with van der Waals surface area (Å²) in [6.45, 7) is 2.54. The van der Waals surface area contributed by atoms with E-state index in [4.69, 9.17) is 4.74 Å². The number of benzene rings is 2. The van der Waals surface area contributed by atoms with Gasteiger partial charge < -0.3 is 10.1 Å². The van der Waals surface area contributed by atoms with Crippen molar-refractivity contribution in [3.63, 3.8) is 0 Å². The summed E-state index contributed by atoms with van der Waals surface area (Å²) in [5, 5.41) is 14.5. The van der Waals surface area contributed by atoms with Gasteiger partial charge in [-0.05, 0) is 36.8 Å². The lowest BCUT2D eigenvalue weighted by Crippen LogP contribution is -2.32. The number of carbonyl (C=O) groups excluding carboxylic acids is 2. The number of nitrogens with zero attached hydrogens (tertiary/aromatic N) is 1. The lowest BCUT2D eigenvalue weighted by atomic mass is 10.1. The first-order chi connectivity index (χ1) is 14.5. The molecule has 2 heterocycles. The number of carbonyl (C=O) groups is 2. The Morgan fingerprint density at radius 3 is 2.63 bits per heavy atom. The van der Waals surface area contributed by atoms with Gasteiger partial charge in [-0.15, -0.1) is 0 Å². The highest BCUT2D eigenvalue weighted by molar-refractivity contribution is 7.99. The Labute approximate surface area is 177 Å². The van der Waals surface area contributed by atoms with Gasteiger partial charge in [0.2, 0.25) is 12.4 Å². The van der Waals surface area contributed by atoms with Crippen molar-refractivity contribution in [2.24, 2.45) is 0 Å². The maximum absolute atomic E-state index is 12.0. The van der Waals surface area contributed by atoms with Crippen molar-refractivity contribution >= 4 is 23.7 Å². The number of hydrogen-bond donors (Lipinski definition) is 3. The summed E-state index contributed by atoms with van der Waals surface area (Å²) >= 11 is 1.43. The van der Waals surface area contributed by atoms with Crippen LogP contribution in [0.4, 0.5) is 4.79 Å². The van der Waals surface area contributed by atoms with Crippen LogP contribution in [0.5, 0.6) is 5.75 Å². The molecule has 1 atom stereocenters. The Morgan fingerprint density at radius 2 is 1.93 bits per heavy atom. The van der Waals surface area contributed by atoms with Gasteiger partial charge in [0.25, 0.3) is 5.91 Å². The van der Waals surface area contributed by atoms with Crippen molar-refractivity contribution in [3.8, 4) is 5.75 Å². The van der Waals surface area contributed by atoms with Crippen LogP contribution in [0.15, 0.2) is 76.8 Å². The molecule has 1 fully saturated rings. The van der Waals surface area contributed by atoms with Crippen LogP contribution in [0.3, 0.4) is 0 Å². The zero-order valence-corrected chi connectivity index (χ0v) is 17.0. The van der Waals surface area contributed by atoms with Crippen LogP contribution < -0.4 is 20.1 Å². The third-order valence-electron chi connectivity index (χ3n) is 4.56. The van der Waals surface area contributed by atoms with Gasteiger partial charge in [-0.3, -0.25) is 15.3 Å². The molecule has 3 N–H and O–H groups in total. The van der Waals surface area contributed by atoms with Crippen molar-refractivity contribution in [2.45, 2.75) is 29.4 Å². The van der Waals surface area contributed by atoms with Crippen molar-refractivity contribution in [2.75, 3.05) is 0 Å². The van der Waals surface area contributed by atoms with E-state index >= 15 is 0 Å². The molecule has 1 aromatic heterocycles. The van der Waals surface area contributed by atoms with Crippen molar-refractivity contribution in [1.82, 2.24) is 10.6 Å². The smallest absolute Gasteiger partial charge is 0.322 e. The normalized spacial score (nSPS) is 15.6. The molecule has 4 rings (SSSR count). The molecular weight excluding hydrogens is 402 g/mol. The van der Waals surface area contributed by atoms with E-state index in [-0.39, 0.29) is 0 Å². The molecule has 0 radical (unpaired) electrons. The third-order valence-corrected chi connectivity index (χ3v) is 5.66. The maximum atomic E-state index is 12.0. The number of rotatable bonds is 6. The molecule has 0 aliphatic carbocycles. The van der Waals surface area contributed by atoms with Crippen LogP contribution >= 0.6 is 11.8 Å². The highest BCUT2D eigenvalue weighted by Gasteiger charge is 2.34. The lowest BCUT2D eigenvalue weighted by Gasteiger charge is -2.11. The number of pyridine rings is 1. The summed E-state index contributed by atoms with van der Waals surface area (Å²) in [6.07, 6.45) is 2.89. The predicted molar refractivity (Wildman–Crippen MR) is 109 cm³/mol. The van der Waals surface area contributed by atoms with Crippen LogP contribution in [0.25, 0.3) is 0 Å². The van der Waals surface area contributed by atoms with Gasteiger partial charge in [0.1, 0.15) is 18.4 Å². The molecule has 1 aliphatic heterocycles. The second-order valence-corrected chi connectivity index (χ2v) is 8.01. The Kier molecular flexibility index (Phi) is 5.58. The van der Waals surface area contributed by atoms with Crippen LogP contribution in [-0.2, 0) is 11.4 Å². The van der Waals surface area contributed by atoms with Crippen molar-refractivity contribution in [1.29, 1.82) is 0 Å². The Hall–Kier alpha value is -3.52. The van der Waals surface area contributed by atoms with E-state index in [1.165, 1.54) is 29.7 Å². The van der Waals surface area contributed by atoms with Gasteiger partial charge in [-0.1, -0.05) is 41.6 Å². The number of aromatic nitrogens is 1. The standard InChI is InChI=1S/C22H19N3O4S/c1-14-3-2-4-15(11-14)13-29-16-5-7-17(8-6-16)30-19-9-10-25(28)12-18(19)20-21(26)24-22(27)23-20/h2-12,20H,13H2,1H3,(H2-,23,24,26,27,28)/p+1. The first-order valence-electron chi connectivity index (χ1n) is 9.30. The molecule has 1 saturated heterocycles. The highest BCUT2D eigenvalue weighted by Crippen LogP contribution is 2.34. The van der Waals surface area contributed by atoms with Gasteiger partial charge in [-0.2, -0.15) is 0 Å². The summed E-state index contributed by atoms with van der Waals surface area (Å²) in [7, 11) is 0. The average Bonchev–Trinajstić information content (AvgIpc) is 3.07. The quantitative estimate of drug-likeness (QED) is 0.323. The number of nitrogens with one attached hydrogen (secondary N) is 2. The van der Waals surface area contributed by atoms with Gasteiger partial charge in [0.05, 0.1) is 5.56 Å². The fraction of sp³-hybridized carbons (Fsp3) is 0.136. The number of hydrogen-bond acceptors (Lipinski definition) is 5. The molecular formula is C22H20N3O4S+. The Bertz CT molecular complexity index is 1100. The topological polar surface area (TPSA) is 91.5 Å². The number of ether oxygens (including phenoxy) is 1. The van der Waals surface area contributed by atoms with Crippen LogP contribution in [-0.4, -0.2) is 17.1 Å². The number of urea groups is 1. The van der Waals surface area contributed by atoms with Crippen LogP contribution in [0.1, 0.15) is 22.7 Å². The summed E-state index contributed by atoms with van der Waals surface area (Å²) in [5.74, 6) is 0.303. The maximum Gasteiger partial charge on any atom is 0.322 e. The fourth-order valence-electron chi connectivity index (χ4n) is 3.13. The number of imide groups is 1. The van der Waals surface area contributed by atoms with E-state index in [1.807, 2.05) is 49.4 Å². The van der Waals surface area contributed by atoms with E-state index in [9.17, 15) is 14.8 Å². The summed E-state index contributed by atoms with van der Waals surface area (Å²) in [4.78, 5) is 25.2. The molecule has 7 nitrogen and oxygen atoms in total. The molecule has 2 aromatic carbocycles. The largest absolute Gasteiger partial charge is 0.489 e. The second kappa shape index (κ2) is 8.46. The zero-order chi connectivity index (χ0) is 21.1. The molecule has 3 aromatic rings. The molecule has 1 unspecified atom stereocenters. The van der Waals surface area contributed by atoms with E-state index in [0.29, 0.717) is 12.2 Å². The minimum atomic E-state index is -0.850. The minimum absolute atomic E-state index is 0.451. The summed E-state index contributed by atoms with van der Waals surface area (Å²) < 4.78 is 6.71. The van der Waals surface area contributed by atoms with Gasteiger partial charge in [-0.25, -0.2) is 4.79 Å². The predicted octanol–water partition coefficient (Wildman–Crippen LogP) is 3.13. The molecule has 1 aliphatic rings. The number of aryl methyl sites for hydroxylation is 1. The SMILES string of the molecule is Cc1cccc(COc2ccc(Sc3cc[n+](O)cc3C3NC(=O)NC3=O)cc2)c1. The van der Waals surface area contributed by atoms with Crippen molar-refractivity contribution < 1.29 is 24.3 Å². The number of amides is 3. The van der Waals surface area contributed by atoms with E-state index in [1.54, 1.807) is 6.07 Å². The molecule has 8 heteroatoms. The van der Waals surface area contributed by atoms with Gasteiger partial charge in [0.15, 0.2) is 0 Å². The van der Waals surface area contributed by atoms with E-state index in [2.05, 4.69) is 16.7 Å². The zero-order valence-electron chi connectivity index (χ0n) is 16.2. The molecule has 0 spiro atoms. The Morgan fingerprint density at radius 1 is 1.13 bits per heavy atom. The lowest BCUT2D eigenvalue weighted by molar-refractivity contribution is -0.905. The molecule has 3 amide bonds. The molecule has 0 bridgehead atoms. The first-order valence-corrected chi connectivity index (χ1v) is 10.1. The van der Waals surface area contributed by atoms with Crippen LogP contribution in [0.2, 0.25) is 0 Å². The fourth-order valence-corrected chi connectivity index (χ4v) is 4.08. The van der Waals surface area contributed by atoms with E-state index < -0.39 is 18.0 Å². The minimum Gasteiger partial charge on any atom is -0.489 e.